The molecule has 5 aromatic rings. The van der Waals surface area contributed by atoms with E-state index in [1.54, 1.807) is 66.7 Å². The third-order valence-corrected chi connectivity index (χ3v) is 8.01. The van der Waals surface area contributed by atoms with E-state index in [2.05, 4.69) is 0 Å². The smallest absolute Gasteiger partial charge is 0.340 e. The Morgan fingerprint density at radius 3 is 2.08 bits per heavy atom. The molecule has 8 heteroatoms. The van der Waals surface area contributed by atoms with Crippen molar-refractivity contribution in [2.45, 2.75) is 11.4 Å². The zero-order valence-corrected chi connectivity index (χ0v) is 21.3. The Kier molecular flexibility index (Phi) is 6.81. The number of nitrogens with zero attached hydrogens (tertiary/aromatic N) is 2. The molecule has 0 radical (unpaired) electrons. The third-order valence-electron chi connectivity index (χ3n) is 6.24. The molecule has 0 saturated carbocycles. The molecule has 0 spiro atoms. The van der Waals surface area contributed by atoms with Gasteiger partial charge in [0.1, 0.15) is 0 Å². The summed E-state index contributed by atoms with van der Waals surface area (Å²) in [6.45, 7) is 0.0161. The lowest BCUT2D eigenvalue weighted by atomic mass is 10.1. The van der Waals surface area contributed by atoms with Crippen LogP contribution in [0.4, 0.5) is 5.69 Å². The lowest BCUT2D eigenvalue weighted by Gasteiger charge is -2.26. The van der Waals surface area contributed by atoms with Crippen LogP contribution >= 0.6 is 0 Å². The standard InChI is InChI=1S/C30H24N2O5S/c1-37-30(34)26-21-31(27-18-10-8-16-24(26)27)29(33)25-17-9-11-19-28(25)32(20-22-12-4-2-5-13-22)38(35,36)23-14-6-3-7-15-23/h2-19,21H,20H2,1H3. The van der Waals surface area contributed by atoms with Gasteiger partial charge in [0.05, 0.1) is 40.9 Å². The van der Waals surface area contributed by atoms with Gasteiger partial charge in [-0.05, 0) is 35.9 Å². The maximum atomic E-state index is 14.0. The molecule has 0 aliphatic carbocycles. The number of carbonyl (C=O) groups excluding carboxylic acids is 2. The summed E-state index contributed by atoms with van der Waals surface area (Å²) < 4.78 is 35.4. The van der Waals surface area contributed by atoms with E-state index in [1.807, 2.05) is 30.3 Å². The average molecular weight is 525 g/mol. The fourth-order valence-corrected chi connectivity index (χ4v) is 5.88. The SMILES string of the molecule is COC(=O)c1cn(C(=O)c2ccccc2N(Cc2ccccc2)S(=O)(=O)c2ccccc2)c2ccccc12. The summed E-state index contributed by atoms with van der Waals surface area (Å²) in [5.74, 6) is -1.05. The van der Waals surface area contributed by atoms with Crippen molar-refractivity contribution in [3.8, 4) is 0 Å². The molecule has 0 saturated heterocycles. The van der Waals surface area contributed by atoms with Crippen molar-refractivity contribution in [2.24, 2.45) is 0 Å². The molecule has 0 amide bonds. The number of rotatable bonds is 7. The van der Waals surface area contributed by atoms with Crippen molar-refractivity contribution in [3.63, 3.8) is 0 Å². The Hall–Kier alpha value is -4.69. The van der Waals surface area contributed by atoms with Crippen LogP contribution in [-0.2, 0) is 21.3 Å². The van der Waals surface area contributed by atoms with Gasteiger partial charge in [0.15, 0.2) is 0 Å². The van der Waals surface area contributed by atoms with E-state index in [1.165, 1.54) is 34.3 Å². The maximum Gasteiger partial charge on any atom is 0.340 e. The Morgan fingerprint density at radius 1 is 0.763 bits per heavy atom. The fraction of sp³-hybridized carbons (Fsp3) is 0.0667. The van der Waals surface area contributed by atoms with Crippen molar-refractivity contribution >= 4 is 38.5 Å². The van der Waals surface area contributed by atoms with Crippen LogP contribution in [0.1, 0.15) is 26.3 Å². The molecule has 38 heavy (non-hydrogen) atoms. The highest BCUT2D eigenvalue weighted by molar-refractivity contribution is 7.92. The number of hydrogen-bond donors (Lipinski definition) is 0. The van der Waals surface area contributed by atoms with Crippen molar-refractivity contribution in [1.29, 1.82) is 0 Å². The van der Waals surface area contributed by atoms with Gasteiger partial charge in [-0.2, -0.15) is 0 Å². The quantitative estimate of drug-likeness (QED) is 0.262. The van der Waals surface area contributed by atoms with Gasteiger partial charge in [0.25, 0.3) is 15.9 Å². The van der Waals surface area contributed by atoms with Crippen LogP contribution in [0.3, 0.4) is 0 Å². The second-order valence-electron chi connectivity index (χ2n) is 8.55. The summed E-state index contributed by atoms with van der Waals surface area (Å²) in [7, 11) is -2.77. The van der Waals surface area contributed by atoms with E-state index in [-0.39, 0.29) is 28.3 Å². The van der Waals surface area contributed by atoms with Crippen molar-refractivity contribution in [3.05, 3.63) is 132 Å². The Bertz CT molecular complexity index is 1730. The first kappa shape index (κ1) is 25.0. The fourth-order valence-electron chi connectivity index (χ4n) is 4.39. The number of anilines is 1. The molecule has 1 heterocycles. The van der Waals surface area contributed by atoms with Crippen molar-refractivity contribution in [2.75, 3.05) is 11.4 Å². The number of para-hydroxylation sites is 2. The second kappa shape index (κ2) is 10.4. The van der Waals surface area contributed by atoms with Crippen molar-refractivity contribution in [1.82, 2.24) is 4.57 Å². The Morgan fingerprint density at radius 2 is 1.37 bits per heavy atom. The first-order valence-corrected chi connectivity index (χ1v) is 13.3. The van der Waals surface area contributed by atoms with Crippen LogP contribution in [0, 0.1) is 0 Å². The number of benzene rings is 4. The van der Waals surface area contributed by atoms with Crippen LogP contribution in [0.15, 0.2) is 120 Å². The summed E-state index contributed by atoms with van der Waals surface area (Å²) in [5.41, 5.74) is 1.90. The van der Waals surface area contributed by atoms with Gasteiger partial charge >= 0.3 is 5.97 Å². The molecule has 0 unspecified atom stereocenters. The normalized spacial score (nSPS) is 11.3. The number of ether oxygens (including phenoxy) is 1. The summed E-state index contributed by atoms with van der Waals surface area (Å²) in [4.78, 5) is 26.6. The van der Waals surface area contributed by atoms with Crippen LogP contribution in [0.25, 0.3) is 10.9 Å². The van der Waals surface area contributed by atoms with E-state index in [9.17, 15) is 18.0 Å². The van der Waals surface area contributed by atoms with E-state index in [0.717, 1.165) is 5.56 Å². The average Bonchev–Trinajstić information content (AvgIpc) is 3.36. The van der Waals surface area contributed by atoms with Crippen LogP contribution in [0.5, 0.6) is 0 Å². The first-order chi connectivity index (χ1) is 18.4. The zero-order chi connectivity index (χ0) is 26.7. The summed E-state index contributed by atoms with van der Waals surface area (Å²) >= 11 is 0. The molecule has 0 fully saturated rings. The van der Waals surface area contributed by atoms with E-state index < -0.39 is 21.9 Å². The number of hydrogen-bond acceptors (Lipinski definition) is 5. The molecule has 1 aromatic heterocycles. The largest absolute Gasteiger partial charge is 0.465 e. The summed E-state index contributed by atoms with van der Waals surface area (Å²) in [6, 6.07) is 30.9. The molecular formula is C30H24N2O5S. The number of carbonyl (C=O) groups is 2. The highest BCUT2D eigenvalue weighted by atomic mass is 32.2. The molecule has 0 N–H and O–H groups in total. The van der Waals surface area contributed by atoms with Crippen LogP contribution in [-0.4, -0.2) is 32.0 Å². The zero-order valence-electron chi connectivity index (χ0n) is 20.5. The molecule has 7 nitrogen and oxygen atoms in total. The molecule has 4 aromatic carbocycles. The van der Waals surface area contributed by atoms with E-state index in [4.69, 9.17) is 4.74 Å². The number of aromatic nitrogens is 1. The van der Waals surface area contributed by atoms with Gasteiger partial charge in [0.2, 0.25) is 0 Å². The highest BCUT2D eigenvalue weighted by Crippen LogP contribution is 2.31. The van der Waals surface area contributed by atoms with Gasteiger partial charge in [-0.1, -0.05) is 78.9 Å². The van der Waals surface area contributed by atoms with Crippen LogP contribution in [0.2, 0.25) is 0 Å². The van der Waals surface area contributed by atoms with Gasteiger partial charge in [-0.25, -0.2) is 13.2 Å². The van der Waals surface area contributed by atoms with Gasteiger partial charge in [-0.15, -0.1) is 0 Å². The van der Waals surface area contributed by atoms with Gasteiger partial charge in [0, 0.05) is 11.6 Å². The van der Waals surface area contributed by atoms with Gasteiger partial charge < -0.3 is 4.74 Å². The lowest BCUT2D eigenvalue weighted by Crippen LogP contribution is -2.32. The first-order valence-electron chi connectivity index (χ1n) is 11.9. The Labute approximate surface area is 220 Å². The predicted octanol–water partition coefficient (Wildman–Crippen LogP) is 5.51. The predicted molar refractivity (Wildman–Crippen MR) is 146 cm³/mol. The lowest BCUT2D eigenvalue weighted by molar-refractivity contribution is 0.0603. The summed E-state index contributed by atoms with van der Waals surface area (Å²) in [6.07, 6.45) is 1.43. The highest BCUT2D eigenvalue weighted by Gasteiger charge is 2.29. The second-order valence-corrected chi connectivity index (χ2v) is 10.4. The van der Waals surface area contributed by atoms with E-state index >= 15 is 0 Å². The minimum Gasteiger partial charge on any atom is -0.465 e. The number of fused-ring (bicyclic) bond motifs is 1. The number of methoxy groups -OCH3 is 1. The molecular weight excluding hydrogens is 500 g/mol. The summed E-state index contributed by atoms with van der Waals surface area (Å²) in [5, 5.41) is 0.559. The topological polar surface area (TPSA) is 85.7 Å². The molecule has 0 aliphatic heterocycles. The van der Waals surface area contributed by atoms with E-state index in [0.29, 0.717) is 10.9 Å². The number of esters is 1. The van der Waals surface area contributed by atoms with Crippen LogP contribution < -0.4 is 4.31 Å². The molecule has 0 atom stereocenters. The monoisotopic (exact) mass is 524 g/mol. The Balaban J connectivity index is 1.68. The minimum absolute atomic E-state index is 0.0161. The van der Waals surface area contributed by atoms with Gasteiger partial charge in [-0.3, -0.25) is 13.7 Å². The third kappa shape index (κ3) is 4.57. The number of sulfonamides is 1. The molecule has 5 rings (SSSR count). The maximum absolute atomic E-state index is 14.0. The molecule has 190 valence electrons. The van der Waals surface area contributed by atoms with Crippen molar-refractivity contribution < 1.29 is 22.7 Å². The minimum atomic E-state index is -4.05. The molecule has 0 bridgehead atoms. The molecule has 0 aliphatic rings.